The van der Waals surface area contributed by atoms with Gasteiger partial charge in [-0.25, -0.2) is 4.18 Å². The predicted molar refractivity (Wildman–Crippen MR) is 55.8 cm³/mol. The van der Waals surface area contributed by atoms with Crippen molar-refractivity contribution in [2.45, 2.75) is 26.1 Å². The first kappa shape index (κ1) is 14.0. The van der Waals surface area contributed by atoms with Crippen molar-refractivity contribution in [2.24, 2.45) is 0 Å². The molecule has 14 heavy (non-hydrogen) atoms. The van der Waals surface area contributed by atoms with Crippen LogP contribution in [0.25, 0.3) is 0 Å². The van der Waals surface area contributed by atoms with Gasteiger partial charge in [0.05, 0.1) is 6.61 Å². The fourth-order valence-electron chi connectivity index (χ4n) is 0.694. The molecule has 0 rings (SSSR count). The van der Waals surface area contributed by atoms with E-state index in [1.54, 1.807) is 26.8 Å². The van der Waals surface area contributed by atoms with Crippen molar-refractivity contribution < 1.29 is 21.2 Å². The Morgan fingerprint density at radius 1 is 1.14 bits per heavy atom. The highest BCUT2D eigenvalue weighted by Crippen LogP contribution is 2.09. The van der Waals surface area contributed by atoms with Gasteiger partial charge in [-0.1, -0.05) is 0 Å². The molecule has 0 saturated heterocycles. The van der Waals surface area contributed by atoms with E-state index in [-0.39, 0.29) is 6.61 Å². The first-order chi connectivity index (χ1) is 6.27. The molecular weight excluding hydrogens is 224 g/mol. The molecule has 0 bridgehead atoms. The Morgan fingerprint density at radius 3 is 2.14 bits per heavy atom. The van der Waals surface area contributed by atoms with Crippen LogP contribution in [0.3, 0.4) is 0 Å². The van der Waals surface area contributed by atoms with Crippen LogP contribution < -0.4 is 0 Å². The van der Waals surface area contributed by atoms with Crippen LogP contribution in [0, 0.1) is 0 Å². The summed E-state index contributed by atoms with van der Waals surface area (Å²) in [6, 6.07) is 0. The first-order valence-electron chi connectivity index (χ1n) is 4.36. The lowest BCUT2D eigenvalue weighted by molar-refractivity contribution is 0.169. The molecule has 0 N–H and O–H groups in total. The summed E-state index contributed by atoms with van der Waals surface area (Å²) in [6.45, 7) is 5.91. The molecule has 0 aliphatic heterocycles. The van der Waals surface area contributed by atoms with E-state index in [2.05, 4.69) is 4.18 Å². The van der Waals surface area contributed by atoms with E-state index in [0.29, 0.717) is 13.0 Å². The summed E-state index contributed by atoms with van der Waals surface area (Å²) in [6.07, 6.45) is 0.533. The largest absolute Gasteiger partial charge is 0.390 e. The van der Waals surface area contributed by atoms with Gasteiger partial charge in [-0.3, -0.25) is 3.87 Å². The molecule has 0 heterocycles. The van der Waals surface area contributed by atoms with Crippen LogP contribution in [0.5, 0.6) is 0 Å². The molecule has 5 nitrogen and oxygen atoms in total. The van der Waals surface area contributed by atoms with Gasteiger partial charge in [0.2, 0.25) is 8.32 Å². The molecule has 86 valence electrons. The lowest BCUT2D eigenvalue weighted by atomic mass is 10.5. The summed E-state index contributed by atoms with van der Waals surface area (Å²) in [7, 11) is -4.37. The molecule has 0 saturated carbocycles. The highest BCUT2D eigenvalue weighted by molar-refractivity contribution is 7.83. The fraction of sp³-hybridized carbons (Fsp3) is 1.00. The number of hydrogen-bond acceptors (Lipinski definition) is 5. The molecule has 0 radical (unpaired) electrons. The number of ether oxygens (including phenoxy) is 1. The summed E-state index contributed by atoms with van der Waals surface area (Å²) in [4.78, 5) is 0. The van der Waals surface area contributed by atoms with Gasteiger partial charge in [-0.05, 0) is 26.1 Å². The van der Waals surface area contributed by atoms with Crippen molar-refractivity contribution in [1.82, 2.24) is 0 Å². The van der Waals surface area contributed by atoms with Gasteiger partial charge in [0.1, 0.15) is 0 Å². The zero-order chi connectivity index (χ0) is 11.2. The highest BCUT2D eigenvalue weighted by Gasteiger charge is 2.24. The second-order valence-corrected chi connectivity index (χ2v) is 9.72. The molecule has 0 aliphatic carbocycles. The molecular formula is C7H18O5SSi. The Labute approximate surface area is 86.8 Å². The molecule has 0 atom stereocenters. The second-order valence-electron chi connectivity index (χ2n) is 3.77. The van der Waals surface area contributed by atoms with E-state index in [1.165, 1.54) is 0 Å². The number of hydrogen-bond donors (Lipinski definition) is 0. The van der Waals surface area contributed by atoms with Gasteiger partial charge in [0.15, 0.2) is 0 Å². The van der Waals surface area contributed by atoms with Crippen molar-refractivity contribution >= 4 is 18.7 Å². The molecule has 0 aliphatic rings. The van der Waals surface area contributed by atoms with Gasteiger partial charge >= 0.3 is 10.4 Å². The summed E-state index contributed by atoms with van der Waals surface area (Å²) in [5.74, 6) is 0. The monoisotopic (exact) mass is 242 g/mol. The summed E-state index contributed by atoms with van der Waals surface area (Å²) in [5, 5.41) is 0. The molecule has 7 heteroatoms. The number of methoxy groups -OCH3 is 1. The minimum absolute atomic E-state index is 0.0979. The van der Waals surface area contributed by atoms with Crippen molar-refractivity contribution in [3.05, 3.63) is 0 Å². The third-order valence-corrected chi connectivity index (χ3v) is 4.34. The van der Waals surface area contributed by atoms with E-state index >= 15 is 0 Å². The van der Waals surface area contributed by atoms with Gasteiger partial charge < -0.3 is 4.74 Å². The first-order valence-corrected chi connectivity index (χ1v) is 9.10. The molecule has 0 aromatic heterocycles. The lowest BCUT2D eigenvalue weighted by Gasteiger charge is -2.15. The van der Waals surface area contributed by atoms with Crippen molar-refractivity contribution in [2.75, 3.05) is 20.3 Å². The molecule has 0 amide bonds. The van der Waals surface area contributed by atoms with Gasteiger partial charge in [-0.2, -0.15) is 8.42 Å². The predicted octanol–water partition coefficient (Wildman–Crippen LogP) is 1.14. The van der Waals surface area contributed by atoms with Crippen LogP contribution in [0.4, 0.5) is 0 Å². The Hall–Kier alpha value is 0.0469. The van der Waals surface area contributed by atoms with E-state index in [1.807, 2.05) is 0 Å². The Kier molecular flexibility index (Phi) is 5.83. The van der Waals surface area contributed by atoms with Crippen LogP contribution in [0.1, 0.15) is 6.42 Å². The molecule has 0 aromatic carbocycles. The number of rotatable bonds is 7. The topological polar surface area (TPSA) is 61.8 Å². The van der Waals surface area contributed by atoms with Crippen LogP contribution in [0.15, 0.2) is 0 Å². The average molecular weight is 242 g/mol. The van der Waals surface area contributed by atoms with E-state index in [4.69, 9.17) is 8.61 Å². The van der Waals surface area contributed by atoms with Crippen LogP contribution in [-0.2, 0) is 23.2 Å². The SMILES string of the molecule is COCCCOS(=O)(=O)O[Si](C)(C)C. The van der Waals surface area contributed by atoms with Crippen LogP contribution >= 0.6 is 0 Å². The van der Waals surface area contributed by atoms with Crippen molar-refractivity contribution in [3.63, 3.8) is 0 Å². The normalized spacial score (nSPS) is 13.1. The maximum Gasteiger partial charge on any atom is 0.390 e. The van der Waals surface area contributed by atoms with E-state index < -0.39 is 18.7 Å². The maximum atomic E-state index is 11.2. The van der Waals surface area contributed by atoms with Crippen LogP contribution in [-0.4, -0.2) is 37.1 Å². The third-order valence-electron chi connectivity index (χ3n) is 1.07. The summed E-state index contributed by atoms with van der Waals surface area (Å²) < 4.78 is 36.5. The summed E-state index contributed by atoms with van der Waals surface area (Å²) >= 11 is 0. The fourth-order valence-corrected chi connectivity index (χ4v) is 3.66. The van der Waals surface area contributed by atoms with Gasteiger partial charge in [0, 0.05) is 13.7 Å². The quantitative estimate of drug-likeness (QED) is 0.495. The minimum atomic E-state index is -3.81. The zero-order valence-corrected chi connectivity index (χ0v) is 10.9. The second kappa shape index (κ2) is 5.81. The Balaban J connectivity index is 3.86. The average Bonchev–Trinajstić information content (AvgIpc) is 1.93. The summed E-state index contributed by atoms with van der Waals surface area (Å²) in [5.41, 5.74) is 0. The Morgan fingerprint density at radius 2 is 1.71 bits per heavy atom. The zero-order valence-electron chi connectivity index (χ0n) is 9.07. The third kappa shape index (κ3) is 8.64. The minimum Gasteiger partial charge on any atom is -0.385 e. The Bertz CT molecular complexity index is 243. The van der Waals surface area contributed by atoms with E-state index in [0.717, 1.165) is 0 Å². The van der Waals surface area contributed by atoms with Crippen molar-refractivity contribution in [1.29, 1.82) is 0 Å². The molecule has 0 fully saturated rings. The standard InChI is InChI=1S/C7H18O5SSi/c1-10-6-5-7-11-13(8,9)12-14(2,3)4/h5-7H2,1-4H3. The van der Waals surface area contributed by atoms with Gasteiger partial charge in [-0.15, -0.1) is 0 Å². The smallest absolute Gasteiger partial charge is 0.385 e. The molecule has 0 aromatic rings. The highest BCUT2D eigenvalue weighted by atomic mass is 32.3. The van der Waals surface area contributed by atoms with E-state index in [9.17, 15) is 8.42 Å². The van der Waals surface area contributed by atoms with Crippen LogP contribution in [0.2, 0.25) is 19.6 Å². The van der Waals surface area contributed by atoms with Crippen molar-refractivity contribution in [3.8, 4) is 0 Å². The van der Waals surface area contributed by atoms with Gasteiger partial charge in [0.25, 0.3) is 0 Å². The maximum absolute atomic E-state index is 11.2. The molecule has 0 spiro atoms. The lowest BCUT2D eigenvalue weighted by Crippen LogP contribution is -2.30. The molecule has 0 unspecified atom stereocenters.